The summed E-state index contributed by atoms with van der Waals surface area (Å²) in [6.07, 6.45) is 4.84. The summed E-state index contributed by atoms with van der Waals surface area (Å²) in [5.41, 5.74) is 19.9. The summed E-state index contributed by atoms with van der Waals surface area (Å²) < 4.78 is 0. The normalized spacial score (nSPS) is 14.6. The number of carbonyl (C=O) groups excluding carboxylic acids is 6. The molecule has 0 aliphatic rings. The molecule has 4 rings (SSSR count). The van der Waals surface area contributed by atoms with Gasteiger partial charge in [-0.15, -0.1) is 0 Å². The smallest absolute Gasteiger partial charge is 0.326 e. The van der Waals surface area contributed by atoms with Crippen molar-refractivity contribution in [1.29, 1.82) is 10.8 Å². The van der Waals surface area contributed by atoms with Crippen molar-refractivity contribution in [2.24, 2.45) is 35.0 Å². The van der Waals surface area contributed by atoms with Gasteiger partial charge in [-0.05, 0) is 73.1 Å². The number of rotatable bonds is 30. The Morgan fingerprint density at radius 3 is 1.54 bits per heavy atom. The molecule has 23 nitrogen and oxygen atoms in total. The minimum absolute atomic E-state index is 0.0297. The van der Waals surface area contributed by atoms with Crippen molar-refractivity contribution in [3.05, 3.63) is 72.1 Å². The third-order valence-corrected chi connectivity index (χ3v) is 12.8. The molecule has 2 heterocycles. The van der Waals surface area contributed by atoms with E-state index in [4.69, 9.17) is 28.0 Å². The molecule has 19 N–H and O–H groups in total. The maximum Gasteiger partial charge on any atom is 0.326 e. The number of nitrogens with one attached hydrogen (secondary N) is 12. The van der Waals surface area contributed by atoms with Crippen LogP contribution in [0.2, 0.25) is 0 Å². The Balaban J connectivity index is 1.58. The fourth-order valence-electron chi connectivity index (χ4n) is 8.45. The molecule has 0 radical (unpaired) electrons. The Morgan fingerprint density at radius 1 is 0.581 bits per heavy atom. The lowest BCUT2D eigenvalue weighted by atomic mass is 9.96. The van der Waals surface area contributed by atoms with Crippen LogP contribution in [0, 0.1) is 28.6 Å². The monoisotopic (exact) mass is 1030 g/mol. The quantitative estimate of drug-likeness (QED) is 0.0197. The summed E-state index contributed by atoms with van der Waals surface area (Å²) in [7, 11) is 0. The molecule has 23 heteroatoms. The van der Waals surface area contributed by atoms with Gasteiger partial charge in [0.1, 0.15) is 36.3 Å². The molecule has 0 unspecified atom stereocenters. The number of nitrogens with two attached hydrogens (primary N) is 3. The summed E-state index contributed by atoms with van der Waals surface area (Å²) >= 11 is 0. The van der Waals surface area contributed by atoms with E-state index >= 15 is 0 Å². The number of carboxylic acid groups (broad SMARTS) is 1. The fraction of sp³-hybridized carbons (Fsp3) is 0.510. The number of amides is 6. The second-order valence-corrected chi connectivity index (χ2v) is 19.5. The van der Waals surface area contributed by atoms with Gasteiger partial charge in [-0.1, -0.05) is 84.4 Å². The zero-order valence-electron chi connectivity index (χ0n) is 43.2. The lowest BCUT2D eigenvalue weighted by molar-refractivity contribution is -0.142. The number of benzene rings is 2. The molecule has 6 amide bonds. The number of H-pyrrole nitrogens is 2. The van der Waals surface area contributed by atoms with Crippen LogP contribution in [-0.4, -0.2) is 124 Å². The van der Waals surface area contributed by atoms with E-state index < -0.39 is 95.5 Å². The predicted molar refractivity (Wildman–Crippen MR) is 283 cm³/mol. The first-order valence-electron chi connectivity index (χ1n) is 25.2. The Bertz CT molecular complexity index is 2580. The van der Waals surface area contributed by atoms with Gasteiger partial charge in [0.2, 0.25) is 35.4 Å². The highest BCUT2D eigenvalue weighted by Crippen LogP contribution is 2.22. The van der Waals surface area contributed by atoms with Gasteiger partial charge in [0.05, 0.1) is 6.04 Å². The van der Waals surface area contributed by atoms with E-state index in [1.807, 2.05) is 69.3 Å². The number of aromatic amines is 2. The molecular formula is C51H77N15O8. The van der Waals surface area contributed by atoms with Crippen molar-refractivity contribution in [2.45, 2.75) is 135 Å². The van der Waals surface area contributed by atoms with Crippen LogP contribution in [0.4, 0.5) is 0 Å². The summed E-state index contributed by atoms with van der Waals surface area (Å²) in [4.78, 5) is 104. The van der Waals surface area contributed by atoms with Crippen molar-refractivity contribution in [3.63, 3.8) is 0 Å². The highest BCUT2D eigenvalue weighted by molar-refractivity contribution is 5.98. The van der Waals surface area contributed by atoms with Crippen molar-refractivity contribution in [2.75, 3.05) is 13.1 Å². The maximum absolute atomic E-state index is 14.7. The summed E-state index contributed by atoms with van der Waals surface area (Å²) in [6, 6.07) is 6.27. The van der Waals surface area contributed by atoms with Crippen molar-refractivity contribution in [1.82, 2.24) is 52.5 Å². The SMILES string of the molecule is CC[C@H](C)[C@H](NC(=O)[C@H](CCCNC(=N)N)NC(=O)[C@@H](N)CCCNC(=N)N)C(=O)N[C@@H](Cc1c[nH]c2ccccc12)C(=O)N[C@H](C(=O)N[C@@H](CC(C)C)C(=O)N[C@@H](Cc1c[nH]c2ccccc12)C(=O)O)C(C)C. The Kier molecular flexibility index (Phi) is 22.7. The Hall–Kier alpha value is -7.69. The van der Waals surface area contributed by atoms with E-state index in [1.54, 1.807) is 33.2 Å². The third kappa shape index (κ3) is 17.8. The number of aliphatic carboxylic acids is 1. The summed E-state index contributed by atoms with van der Waals surface area (Å²) in [5.74, 6) is -7.14. The van der Waals surface area contributed by atoms with E-state index in [0.717, 1.165) is 21.8 Å². The van der Waals surface area contributed by atoms with Crippen LogP contribution >= 0.6 is 0 Å². The molecule has 0 spiro atoms. The van der Waals surface area contributed by atoms with Crippen LogP contribution in [0.25, 0.3) is 21.8 Å². The van der Waals surface area contributed by atoms with E-state index in [2.05, 4.69) is 52.5 Å². The number of hydrogen-bond acceptors (Lipinski definition) is 10. The zero-order chi connectivity index (χ0) is 54.6. The van der Waals surface area contributed by atoms with Gasteiger partial charge in [0.25, 0.3) is 0 Å². The molecule has 2 aromatic carbocycles. The zero-order valence-corrected chi connectivity index (χ0v) is 43.2. The minimum Gasteiger partial charge on any atom is -0.480 e. The molecule has 0 bridgehead atoms. The number of carbonyl (C=O) groups is 7. The van der Waals surface area contributed by atoms with Crippen LogP contribution in [0.15, 0.2) is 60.9 Å². The minimum atomic E-state index is -1.33. The highest BCUT2D eigenvalue weighted by Gasteiger charge is 2.36. The van der Waals surface area contributed by atoms with E-state index in [9.17, 15) is 38.7 Å². The van der Waals surface area contributed by atoms with Gasteiger partial charge >= 0.3 is 5.97 Å². The van der Waals surface area contributed by atoms with E-state index in [1.165, 1.54) is 0 Å². The molecule has 0 aliphatic heterocycles. The second-order valence-electron chi connectivity index (χ2n) is 19.5. The first kappa shape index (κ1) is 58.9. The van der Waals surface area contributed by atoms with Crippen LogP contribution in [-0.2, 0) is 46.4 Å². The van der Waals surface area contributed by atoms with Crippen molar-refractivity contribution < 1.29 is 38.7 Å². The number of guanidine groups is 2. The third-order valence-electron chi connectivity index (χ3n) is 12.8. The number of aromatic nitrogens is 2. The van der Waals surface area contributed by atoms with Gasteiger partial charge in [-0.3, -0.25) is 39.6 Å². The Labute approximate surface area is 431 Å². The van der Waals surface area contributed by atoms with Crippen molar-refractivity contribution in [3.8, 4) is 0 Å². The molecule has 0 aliphatic carbocycles. The molecule has 74 heavy (non-hydrogen) atoms. The Morgan fingerprint density at radius 2 is 1.03 bits per heavy atom. The average molecular weight is 1030 g/mol. The fourth-order valence-corrected chi connectivity index (χ4v) is 8.45. The second kappa shape index (κ2) is 28.5. The standard InChI is InChI=1S/C51H77N15O8/c1-7-29(6)42(66-44(68)37(19-13-21-58-51(55)56)61-43(67)34(52)16-12-20-57-50(53)54)48(72)63-39(23-30-25-59-35-17-10-8-14-32(30)35)46(70)65-41(28(4)5)47(71)62-38(22-27(2)3)45(69)64-40(49(73)74)24-31-26-60-36-18-11-9-15-33(31)36/h8-11,14-15,17-18,25-29,34,37-42,59-60H,7,12-13,16,19-24,52H2,1-6H3,(H,61,67)(H,62,71)(H,63,72)(H,64,69)(H,65,70)(H,66,68)(H,73,74)(H4,53,54,57)(H4,55,56,58)/t29-,34-,37-,38-,39-,40-,41-,42-/m0/s1. The largest absolute Gasteiger partial charge is 0.480 e. The molecule has 4 aromatic rings. The van der Waals surface area contributed by atoms with Crippen LogP contribution in [0.1, 0.15) is 91.2 Å². The van der Waals surface area contributed by atoms with Crippen LogP contribution in [0.3, 0.4) is 0 Å². The predicted octanol–water partition coefficient (Wildman–Crippen LogP) is 1.03. The molecule has 0 saturated heterocycles. The maximum atomic E-state index is 14.7. The lowest BCUT2D eigenvalue weighted by Gasteiger charge is -2.30. The highest BCUT2D eigenvalue weighted by atomic mass is 16.4. The number of carboxylic acids is 1. The first-order valence-corrected chi connectivity index (χ1v) is 25.2. The first-order chi connectivity index (χ1) is 35.1. The van der Waals surface area contributed by atoms with Crippen LogP contribution < -0.4 is 59.7 Å². The van der Waals surface area contributed by atoms with Gasteiger partial charge in [-0.25, -0.2) is 4.79 Å². The summed E-state index contributed by atoms with van der Waals surface area (Å²) in [6.45, 7) is 11.2. The van der Waals surface area contributed by atoms with Crippen LogP contribution in [0.5, 0.6) is 0 Å². The molecule has 404 valence electrons. The molecular weight excluding hydrogens is 951 g/mol. The van der Waals surface area contributed by atoms with E-state index in [0.29, 0.717) is 30.5 Å². The lowest BCUT2D eigenvalue weighted by Crippen LogP contribution is -2.61. The topological polar surface area (TPSA) is 393 Å². The number of hydrogen-bond donors (Lipinski definition) is 16. The summed E-state index contributed by atoms with van der Waals surface area (Å²) in [5, 5.41) is 48.5. The van der Waals surface area contributed by atoms with Gasteiger partial charge in [0, 0.05) is 60.1 Å². The molecule has 8 atom stereocenters. The number of fused-ring (bicyclic) bond motifs is 2. The molecule has 2 aromatic heterocycles. The van der Waals surface area contributed by atoms with Gasteiger partial charge in [-0.2, -0.15) is 0 Å². The van der Waals surface area contributed by atoms with Gasteiger partial charge in [0.15, 0.2) is 11.9 Å². The number of para-hydroxylation sites is 2. The van der Waals surface area contributed by atoms with E-state index in [-0.39, 0.29) is 62.9 Å². The van der Waals surface area contributed by atoms with Gasteiger partial charge < -0.3 is 74.8 Å². The average Bonchev–Trinajstić information content (AvgIpc) is 3.96. The van der Waals surface area contributed by atoms with Crippen molar-refractivity contribution >= 4 is 75.1 Å². The molecule has 0 fully saturated rings. The molecule has 0 saturated carbocycles.